The lowest BCUT2D eigenvalue weighted by molar-refractivity contribution is -0.153. The number of nitrogens with one attached hydrogen (secondary N) is 2. The van der Waals surface area contributed by atoms with Crippen LogP contribution in [0.5, 0.6) is 0 Å². The molecule has 1 atom stereocenters. The summed E-state index contributed by atoms with van der Waals surface area (Å²) < 4.78 is 31.6. The number of esters is 1. The van der Waals surface area contributed by atoms with Gasteiger partial charge in [0.1, 0.15) is 11.6 Å². The van der Waals surface area contributed by atoms with Gasteiger partial charge >= 0.3 is 5.97 Å². The summed E-state index contributed by atoms with van der Waals surface area (Å²) >= 11 is 1.30. The fourth-order valence-corrected chi connectivity index (χ4v) is 3.01. The van der Waals surface area contributed by atoms with Crippen LogP contribution in [0.15, 0.2) is 35.7 Å². The summed E-state index contributed by atoms with van der Waals surface area (Å²) in [4.78, 5) is 47.9. The van der Waals surface area contributed by atoms with Gasteiger partial charge in [-0.1, -0.05) is 6.07 Å². The number of anilines is 1. The molecule has 2 amide bonds. The van der Waals surface area contributed by atoms with Gasteiger partial charge in [-0.3, -0.25) is 19.2 Å². The van der Waals surface area contributed by atoms with Gasteiger partial charge in [-0.25, -0.2) is 8.78 Å². The van der Waals surface area contributed by atoms with Crippen LogP contribution in [0.25, 0.3) is 0 Å². The van der Waals surface area contributed by atoms with E-state index in [2.05, 4.69) is 10.6 Å². The quantitative estimate of drug-likeness (QED) is 0.439. The first-order chi connectivity index (χ1) is 14.3. The molecule has 2 N–H and O–H groups in total. The average molecular weight is 438 g/mol. The number of hydrogen-bond donors (Lipinski definition) is 2. The Hall–Kier alpha value is -3.14. The number of amides is 2. The van der Waals surface area contributed by atoms with Crippen LogP contribution >= 0.6 is 11.3 Å². The third-order valence-electron chi connectivity index (χ3n) is 3.89. The molecule has 0 saturated heterocycles. The maximum atomic E-state index is 13.5. The molecule has 0 spiro atoms. The lowest BCUT2D eigenvalue weighted by Gasteiger charge is -2.14. The van der Waals surface area contributed by atoms with E-state index in [0.29, 0.717) is 4.88 Å². The smallest absolute Gasteiger partial charge is 0.308 e. The summed E-state index contributed by atoms with van der Waals surface area (Å²) in [7, 11) is 0. The number of benzene rings is 1. The second-order valence-electron chi connectivity index (χ2n) is 6.25. The number of carbonyl (C=O) groups excluding carboxylic acids is 4. The van der Waals surface area contributed by atoms with Crippen molar-refractivity contribution >= 4 is 40.6 Å². The molecule has 0 bridgehead atoms. The van der Waals surface area contributed by atoms with Crippen LogP contribution in [-0.2, 0) is 19.1 Å². The van der Waals surface area contributed by atoms with E-state index in [0.717, 1.165) is 18.2 Å². The summed E-state index contributed by atoms with van der Waals surface area (Å²) in [5.74, 6) is -3.67. The first-order valence-electron chi connectivity index (χ1n) is 9.05. The Kier molecular flexibility index (Phi) is 8.60. The minimum Gasteiger partial charge on any atom is -0.452 e. The van der Waals surface area contributed by atoms with E-state index in [1.807, 2.05) is 0 Å². The minimum absolute atomic E-state index is 0.0101. The molecule has 2 rings (SSSR count). The minimum atomic E-state index is -1.25. The molecule has 10 heteroatoms. The molecule has 1 aromatic heterocycles. The van der Waals surface area contributed by atoms with Gasteiger partial charge in [0, 0.05) is 25.5 Å². The van der Waals surface area contributed by atoms with Crippen molar-refractivity contribution in [3.63, 3.8) is 0 Å². The first-order valence-corrected chi connectivity index (χ1v) is 9.93. The van der Waals surface area contributed by atoms with Gasteiger partial charge in [0.2, 0.25) is 5.91 Å². The second-order valence-corrected chi connectivity index (χ2v) is 7.19. The third kappa shape index (κ3) is 7.36. The maximum absolute atomic E-state index is 13.5. The van der Waals surface area contributed by atoms with E-state index < -0.39 is 29.6 Å². The van der Waals surface area contributed by atoms with Crippen molar-refractivity contribution in [1.82, 2.24) is 5.32 Å². The van der Waals surface area contributed by atoms with Crippen LogP contribution in [0.1, 0.15) is 35.9 Å². The fraction of sp³-hybridized carbons (Fsp3) is 0.300. The normalized spacial score (nSPS) is 11.4. The largest absolute Gasteiger partial charge is 0.452 e. The Morgan fingerprint density at radius 2 is 1.87 bits per heavy atom. The highest BCUT2D eigenvalue weighted by Gasteiger charge is 2.19. The Morgan fingerprint density at radius 1 is 1.10 bits per heavy atom. The zero-order valence-electron chi connectivity index (χ0n) is 16.1. The van der Waals surface area contributed by atoms with Crippen molar-refractivity contribution in [3.05, 3.63) is 52.2 Å². The van der Waals surface area contributed by atoms with E-state index in [4.69, 9.17) is 4.74 Å². The number of carbonyl (C=O) groups is 4. The Morgan fingerprint density at radius 3 is 2.57 bits per heavy atom. The van der Waals surface area contributed by atoms with Gasteiger partial charge in [0.25, 0.3) is 5.91 Å². The molecule has 0 saturated carbocycles. The molecule has 1 heterocycles. The molecule has 0 fully saturated rings. The molecule has 0 aliphatic carbocycles. The molecule has 30 heavy (non-hydrogen) atoms. The highest BCUT2D eigenvalue weighted by Crippen LogP contribution is 2.16. The monoisotopic (exact) mass is 438 g/mol. The topological polar surface area (TPSA) is 102 Å². The van der Waals surface area contributed by atoms with Crippen LogP contribution in [0.4, 0.5) is 14.5 Å². The van der Waals surface area contributed by atoms with E-state index in [1.165, 1.54) is 18.3 Å². The zero-order chi connectivity index (χ0) is 22.1. The molecule has 2 aromatic rings. The number of thiophene rings is 1. The van der Waals surface area contributed by atoms with E-state index in [9.17, 15) is 28.0 Å². The SMILES string of the molecule is CC(OC(=O)CCNC(=O)CCC(=O)c1cccs1)C(=O)Nc1cc(F)ccc1F. The first kappa shape index (κ1) is 23.1. The molecule has 1 unspecified atom stereocenters. The Labute approximate surface area is 175 Å². The van der Waals surface area contributed by atoms with E-state index in [1.54, 1.807) is 17.5 Å². The van der Waals surface area contributed by atoms with E-state index in [-0.39, 0.29) is 43.2 Å². The van der Waals surface area contributed by atoms with Crippen molar-refractivity contribution in [2.24, 2.45) is 0 Å². The Balaban J connectivity index is 1.67. The summed E-state index contributed by atoms with van der Waals surface area (Å²) in [5, 5.41) is 6.40. The maximum Gasteiger partial charge on any atom is 0.308 e. The second kappa shape index (κ2) is 11.1. The van der Waals surface area contributed by atoms with Crippen molar-refractivity contribution in [2.45, 2.75) is 32.3 Å². The predicted octanol–water partition coefficient (Wildman–Crippen LogP) is 3.07. The van der Waals surface area contributed by atoms with Crippen molar-refractivity contribution in [3.8, 4) is 0 Å². The lowest BCUT2D eigenvalue weighted by Crippen LogP contribution is -2.32. The van der Waals surface area contributed by atoms with Crippen LogP contribution in [-0.4, -0.2) is 36.2 Å². The van der Waals surface area contributed by atoms with Gasteiger partial charge in [-0.2, -0.15) is 0 Å². The molecular weight excluding hydrogens is 418 g/mol. The van der Waals surface area contributed by atoms with E-state index >= 15 is 0 Å². The average Bonchev–Trinajstić information content (AvgIpc) is 3.23. The number of halogens is 2. The summed E-state index contributed by atoms with van der Waals surface area (Å²) in [5.41, 5.74) is -0.368. The van der Waals surface area contributed by atoms with Gasteiger partial charge in [0.05, 0.1) is 17.0 Å². The van der Waals surface area contributed by atoms with Crippen LogP contribution in [0.3, 0.4) is 0 Å². The zero-order valence-corrected chi connectivity index (χ0v) is 16.9. The number of hydrogen-bond acceptors (Lipinski definition) is 6. The molecule has 0 aliphatic heterocycles. The highest BCUT2D eigenvalue weighted by atomic mass is 32.1. The molecule has 7 nitrogen and oxygen atoms in total. The highest BCUT2D eigenvalue weighted by molar-refractivity contribution is 7.12. The van der Waals surface area contributed by atoms with Crippen LogP contribution in [0, 0.1) is 11.6 Å². The molecular formula is C20H20F2N2O5S. The number of rotatable bonds is 10. The fourth-order valence-electron chi connectivity index (χ4n) is 2.32. The Bertz CT molecular complexity index is 918. The van der Waals surface area contributed by atoms with Crippen molar-refractivity contribution in [1.29, 1.82) is 0 Å². The lowest BCUT2D eigenvalue weighted by atomic mass is 10.2. The number of ketones is 1. The van der Waals surface area contributed by atoms with Crippen LogP contribution in [0.2, 0.25) is 0 Å². The number of ether oxygens (including phenoxy) is 1. The van der Waals surface area contributed by atoms with Gasteiger partial charge < -0.3 is 15.4 Å². The van der Waals surface area contributed by atoms with Gasteiger partial charge in [0.15, 0.2) is 11.9 Å². The summed E-state index contributed by atoms with van der Waals surface area (Å²) in [6.07, 6.45) is -1.40. The van der Waals surface area contributed by atoms with Gasteiger partial charge in [-0.05, 0) is 30.5 Å². The molecule has 160 valence electrons. The molecule has 0 aliphatic rings. The third-order valence-corrected chi connectivity index (χ3v) is 4.80. The van der Waals surface area contributed by atoms with Gasteiger partial charge in [-0.15, -0.1) is 11.3 Å². The summed E-state index contributed by atoms with van der Waals surface area (Å²) in [6.45, 7) is 1.25. The molecule has 0 radical (unpaired) electrons. The molecule has 1 aromatic carbocycles. The van der Waals surface area contributed by atoms with Crippen molar-refractivity contribution in [2.75, 3.05) is 11.9 Å². The van der Waals surface area contributed by atoms with Crippen LogP contribution < -0.4 is 10.6 Å². The summed E-state index contributed by atoms with van der Waals surface area (Å²) in [6, 6.07) is 6.00. The number of Topliss-reactive ketones (excluding diaryl/α,β-unsaturated/α-hetero) is 1. The predicted molar refractivity (Wildman–Crippen MR) is 106 cm³/mol. The van der Waals surface area contributed by atoms with Crippen molar-refractivity contribution < 1.29 is 32.7 Å². The standard InChI is InChI=1S/C20H20F2N2O5S/c1-12(20(28)24-15-11-13(21)4-5-14(15)22)29-19(27)8-9-23-18(26)7-6-16(25)17-3-2-10-30-17/h2-5,10-12H,6-9H2,1H3,(H,23,26)(H,24,28).